The number of ether oxygens (including phenoxy) is 9. The topological polar surface area (TPSA) is 407 Å². The zero-order valence-electron chi connectivity index (χ0n) is 29.1. The van der Waals surface area contributed by atoms with Crippen molar-refractivity contribution < 1.29 is 124 Å². The molecule has 5 rings (SSSR count). The summed E-state index contributed by atoms with van der Waals surface area (Å²) in [5.41, 5.74) is 0. The van der Waals surface area contributed by atoms with Gasteiger partial charge in [0.1, 0.15) is 116 Å². The maximum atomic E-state index is 11.4. The van der Waals surface area contributed by atoms with Crippen LogP contribution < -0.4 is 0 Å². The van der Waals surface area contributed by atoms with Gasteiger partial charge in [0.2, 0.25) is 0 Å². The first-order valence-electron chi connectivity index (χ1n) is 17.5. The summed E-state index contributed by atoms with van der Waals surface area (Å²) in [6.45, 7) is -2.44. The summed E-state index contributed by atoms with van der Waals surface area (Å²) in [6.07, 6.45) is -46.7. The van der Waals surface area contributed by atoms with Crippen molar-refractivity contribution in [2.75, 3.05) is 26.4 Å². The average molecular weight is 813 g/mol. The van der Waals surface area contributed by atoms with Crippen molar-refractivity contribution in [3.63, 3.8) is 0 Å². The third-order valence-electron chi connectivity index (χ3n) is 10.3. The zero-order valence-corrected chi connectivity index (χ0v) is 29.1. The van der Waals surface area contributed by atoms with E-state index < -0.39 is 180 Å². The molecule has 0 aliphatic carbocycles. The molecule has 5 aliphatic rings. The summed E-state index contributed by atoms with van der Waals surface area (Å²) in [4.78, 5) is 0. The second-order valence-electron chi connectivity index (χ2n) is 13.9. The Morgan fingerprint density at radius 3 is 1.15 bits per heavy atom. The summed E-state index contributed by atoms with van der Waals surface area (Å²) in [7, 11) is 0. The lowest BCUT2D eigenvalue weighted by atomic mass is 9.95. The van der Waals surface area contributed by atoms with E-state index in [2.05, 4.69) is 0 Å². The molecule has 5 aliphatic heterocycles. The first kappa shape index (κ1) is 45.1. The van der Waals surface area contributed by atoms with E-state index >= 15 is 0 Å². The fourth-order valence-corrected chi connectivity index (χ4v) is 6.93. The van der Waals surface area contributed by atoms with Gasteiger partial charge in [-0.3, -0.25) is 0 Å². The predicted octanol–water partition coefficient (Wildman–Crippen LogP) is -10.9. The molecule has 322 valence electrons. The molecular formula is C30H52O25. The van der Waals surface area contributed by atoms with Gasteiger partial charge in [0, 0.05) is 0 Å². The number of rotatable bonds is 12. The highest BCUT2D eigenvalue weighted by Gasteiger charge is 2.57. The molecule has 0 saturated carbocycles. The van der Waals surface area contributed by atoms with E-state index in [1.54, 1.807) is 0 Å². The van der Waals surface area contributed by atoms with Gasteiger partial charge in [-0.1, -0.05) is 0 Å². The fraction of sp³-hybridized carbons (Fsp3) is 1.00. The van der Waals surface area contributed by atoms with Crippen LogP contribution in [0.15, 0.2) is 0 Å². The molecule has 0 aromatic rings. The molecule has 0 amide bonds. The van der Waals surface area contributed by atoms with E-state index in [1.165, 1.54) is 6.92 Å². The number of aliphatic hydroxyl groups is 16. The standard InChI is InChI=1S/C30H52O25/c1-6-11(35)22(20(44)26(46)47-6)52-29-21(45)23(14(38)9(4-33)50-29)53-30-25(55-28-19(43)17(41)13(37)8(3-32)49-28)24(15(39)10(5-34)51-30)54-27-18(42)16(40)12(36)7(2-31)48-27/h6-46H,2-5H2,1H3/t6-,7+,8+,9+,10+,11-,12+,13+,14+,15+,16-,17-,18+,19-,20+,21-,22+,23-,24-,25-,26+,27-,28+,29-,30-/m0/s1. The van der Waals surface area contributed by atoms with E-state index in [0.29, 0.717) is 0 Å². The van der Waals surface area contributed by atoms with E-state index in [9.17, 15) is 81.7 Å². The molecule has 0 radical (unpaired) electrons. The Kier molecular flexibility index (Phi) is 15.5. The largest absolute Gasteiger partial charge is 0.394 e. The molecule has 16 N–H and O–H groups in total. The van der Waals surface area contributed by atoms with Gasteiger partial charge < -0.3 is 124 Å². The van der Waals surface area contributed by atoms with Crippen LogP contribution in [0.5, 0.6) is 0 Å². The van der Waals surface area contributed by atoms with Gasteiger partial charge in [-0.05, 0) is 6.92 Å². The average Bonchev–Trinajstić information content (AvgIpc) is 3.16. The second kappa shape index (κ2) is 18.9. The lowest BCUT2D eigenvalue weighted by Crippen LogP contribution is -2.69. The zero-order chi connectivity index (χ0) is 40.6. The summed E-state index contributed by atoms with van der Waals surface area (Å²) in [5, 5.41) is 168. The van der Waals surface area contributed by atoms with Crippen molar-refractivity contribution in [1.29, 1.82) is 0 Å². The highest BCUT2D eigenvalue weighted by molar-refractivity contribution is 4.99. The van der Waals surface area contributed by atoms with Gasteiger partial charge in [-0.2, -0.15) is 0 Å². The van der Waals surface area contributed by atoms with Gasteiger partial charge in [0.25, 0.3) is 0 Å². The van der Waals surface area contributed by atoms with E-state index in [4.69, 9.17) is 42.6 Å². The van der Waals surface area contributed by atoms with Crippen LogP contribution in [-0.2, 0) is 42.6 Å². The first-order valence-corrected chi connectivity index (χ1v) is 17.5. The predicted molar refractivity (Wildman–Crippen MR) is 165 cm³/mol. The number of aliphatic hydroxyl groups excluding tert-OH is 16. The van der Waals surface area contributed by atoms with Crippen molar-refractivity contribution in [3.05, 3.63) is 0 Å². The normalized spacial score (nSPS) is 53.9. The molecule has 5 fully saturated rings. The molecule has 25 nitrogen and oxygen atoms in total. The molecule has 55 heavy (non-hydrogen) atoms. The monoisotopic (exact) mass is 812 g/mol. The Morgan fingerprint density at radius 2 is 0.673 bits per heavy atom. The Balaban J connectivity index is 1.49. The molecule has 25 atom stereocenters. The van der Waals surface area contributed by atoms with Crippen molar-refractivity contribution in [3.8, 4) is 0 Å². The lowest BCUT2D eigenvalue weighted by Gasteiger charge is -2.51. The SMILES string of the molecule is C[C@@H]1O[C@@H](O)[C@H](O)[C@H](O[C@@H]2O[C@H](CO)[C@@H](O)[C@H](O[C@@H]3O[C@H](CO)[C@@H](O)[C@H](O[C@@H]4O[C@H](CO)[C@@H](O)[C@H](O)[C@H]4O)[C@@H]3O[C@H]3O[C@H](CO)[C@@H](O)[C@H](O)[C@@H]3O)[C@@H]2O)[C@H]1O. The van der Waals surface area contributed by atoms with Crippen LogP contribution in [0.2, 0.25) is 0 Å². The third-order valence-corrected chi connectivity index (χ3v) is 10.3. The van der Waals surface area contributed by atoms with Crippen molar-refractivity contribution in [1.82, 2.24) is 0 Å². The van der Waals surface area contributed by atoms with Crippen molar-refractivity contribution in [2.45, 2.75) is 160 Å². The summed E-state index contributed by atoms with van der Waals surface area (Å²) >= 11 is 0. The maximum Gasteiger partial charge on any atom is 0.187 e. The Morgan fingerprint density at radius 1 is 0.327 bits per heavy atom. The van der Waals surface area contributed by atoms with Crippen LogP contribution in [0.3, 0.4) is 0 Å². The highest BCUT2D eigenvalue weighted by Crippen LogP contribution is 2.37. The Bertz CT molecular complexity index is 1170. The van der Waals surface area contributed by atoms with Crippen LogP contribution in [0, 0.1) is 0 Å². The summed E-state index contributed by atoms with van der Waals surface area (Å²) < 4.78 is 50.3. The van der Waals surface area contributed by atoms with Crippen molar-refractivity contribution in [2.24, 2.45) is 0 Å². The molecule has 0 bridgehead atoms. The van der Waals surface area contributed by atoms with Gasteiger partial charge in [-0.15, -0.1) is 0 Å². The quantitative estimate of drug-likeness (QED) is 0.0870. The Labute approximate surface area is 311 Å². The minimum Gasteiger partial charge on any atom is -0.394 e. The second-order valence-corrected chi connectivity index (χ2v) is 13.9. The summed E-state index contributed by atoms with van der Waals surface area (Å²) in [6, 6.07) is 0. The number of hydrogen-bond donors (Lipinski definition) is 16. The smallest absolute Gasteiger partial charge is 0.187 e. The lowest BCUT2D eigenvalue weighted by molar-refractivity contribution is -0.409. The Hall–Kier alpha value is -1.00. The van der Waals surface area contributed by atoms with Crippen LogP contribution in [0.1, 0.15) is 6.92 Å². The maximum absolute atomic E-state index is 11.4. The molecule has 0 aromatic carbocycles. The number of hydrogen-bond acceptors (Lipinski definition) is 25. The molecule has 25 heteroatoms. The minimum absolute atomic E-state index is 0.897. The van der Waals surface area contributed by atoms with Crippen LogP contribution in [-0.4, -0.2) is 262 Å². The van der Waals surface area contributed by atoms with Crippen molar-refractivity contribution >= 4 is 0 Å². The van der Waals surface area contributed by atoms with Crippen LogP contribution >= 0.6 is 0 Å². The van der Waals surface area contributed by atoms with Crippen LogP contribution in [0.25, 0.3) is 0 Å². The molecule has 5 heterocycles. The van der Waals surface area contributed by atoms with E-state index in [-0.39, 0.29) is 0 Å². The van der Waals surface area contributed by atoms with Gasteiger partial charge >= 0.3 is 0 Å². The molecular weight excluding hydrogens is 760 g/mol. The first-order chi connectivity index (χ1) is 26.0. The highest BCUT2D eigenvalue weighted by atomic mass is 16.8. The van der Waals surface area contributed by atoms with Gasteiger partial charge in [0.15, 0.2) is 31.5 Å². The van der Waals surface area contributed by atoms with Crippen LogP contribution in [0.4, 0.5) is 0 Å². The van der Waals surface area contributed by atoms with E-state index in [0.717, 1.165) is 0 Å². The minimum atomic E-state index is -2.13. The molecule has 0 aromatic heterocycles. The fourth-order valence-electron chi connectivity index (χ4n) is 6.93. The third kappa shape index (κ3) is 9.11. The van der Waals surface area contributed by atoms with Gasteiger partial charge in [0.05, 0.1) is 32.5 Å². The van der Waals surface area contributed by atoms with E-state index in [1.807, 2.05) is 0 Å². The molecule has 0 unspecified atom stereocenters. The summed E-state index contributed by atoms with van der Waals surface area (Å²) in [5.74, 6) is 0. The van der Waals surface area contributed by atoms with Gasteiger partial charge in [-0.25, -0.2) is 0 Å². The molecule has 5 saturated heterocycles. The molecule has 0 spiro atoms.